The van der Waals surface area contributed by atoms with E-state index in [0.717, 1.165) is 49.4 Å². The number of methoxy groups -OCH3 is 1. The van der Waals surface area contributed by atoms with Gasteiger partial charge in [-0.05, 0) is 68.4 Å². The molecule has 160 valence electrons. The van der Waals surface area contributed by atoms with Crippen molar-refractivity contribution in [3.63, 3.8) is 0 Å². The van der Waals surface area contributed by atoms with Crippen molar-refractivity contribution >= 4 is 11.7 Å². The quantitative estimate of drug-likeness (QED) is 0.711. The number of hydrogen-bond acceptors (Lipinski definition) is 4. The predicted octanol–water partition coefficient (Wildman–Crippen LogP) is 4.16. The first-order valence-electron chi connectivity index (χ1n) is 10.8. The highest BCUT2D eigenvalue weighted by atomic mass is 16.5. The van der Waals surface area contributed by atoms with E-state index < -0.39 is 0 Å². The Morgan fingerprint density at radius 3 is 2.60 bits per heavy atom. The maximum Gasteiger partial charge on any atom is 0.321 e. The molecule has 2 aliphatic rings. The summed E-state index contributed by atoms with van der Waals surface area (Å²) in [6.45, 7) is 5.70. The first-order chi connectivity index (χ1) is 14.5. The lowest BCUT2D eigenvalue weighted by molar-refractivity contribution is 0.169. The maximum atomic E-state index is 12.7. The second-order valence-corrected chi connectivity index (χ2v) is 8.53. The third-order valence-electron chi connectivity index (χ3n) is 6.45. The van der Waals surface area contributed by atoms with Crippen LogP contribution in [0.5, 0.6) is 5.75 Å². The molecule has 2 aliphatic heterocycles. The molecule has 3 N–H and O–H groups in total. The van der Waals surface area contributed by atoms with Crippen LogP contribution < -0.4 is 20.9 Å². The molecule has 2 heterocycles. The number of anilines is 1. The number of likely N-dealkylation sites (tertiary alicyclic amines) is 1. The summed E-state index contributed by atoms with van der Waals surface area (Å²) < 4.78 is 5.24. The first-order valence-corrected chi connectivity index (χ1v) is 10.8. The lowest BCUT2D eigenvalue weighted by Crippen LogP contribution is -2.45. The SMILES string of the molecule is COc1ccc(NC(=O)N2CCC(C3CC(c4cccc(C)c4)NN3)CC2)c(C)c1. The predicted molar refractivity (Wildman–Crippen MR) is 120 cm³/mol. The van der Waals surface area contributed by atoms with Gasteiger partial charge in [-0.3, -0.25) is 10.9 Å². The highest BCUT2D eigenvalue weighted by Gasteiger charge is 2.34. The number of benzene rings is 2. The van der Waals surface area contributed by atoms with Crippen molar-refractivity contribution in [1.82, 2.24) is 15.8 Å². The van der Waals surface area contributed by atoms with Gasteiger partial charge in [0.05, 0.1) is 7.11 Å². The number of ether oxygens (including phenoxy) is 1. The number of urea groups is 1. The molecule has 6 nitrogen and oxygen atoms in total. The lowest BCUT2D eigenvalue weighted by atomic mass is 9.86. The Labute approximate surface area is 179 Å². The molecule has 4 rings (SSSR count). The minimum Gasteiger partial charge on any atom is -0.497 e. The van der Waals surface area contributed by atoms with Gasteiger partial charge in [-0.15, -0.1) is 0 Å². The molecule has 0 spiro atoms. The van der Waals surface area contributed by atoms with Crippen molar-refractivity contribution in [2.75, 3.05) is 25.5 Å². The third kappa shape index (κ3) is 4.60. The zero-order valence-corrected chi connectivity index (χ0v) is 18.1. The average molecular weight is 409 g/mol. The van der Waals surface area contributed by atoms with Crippen LogP contribution in [0.1, 0.15) is 42.0 Å². The number of carbonyl (C=O) groups excluding carboxylic acids is 1. The van der Waals surface area contributed by atoms with E-state index >= 15 is 0 Å². The van der Waals surface area contributed by atoms with Gasteiger partial charge in [0.1, 0.15) is 5.75 Å². The first kappa shape index (κ1) is 20.7. The third-order valence-corrected chi connectivity index (χ3v) is 6.45. The van der Waals surface area contributed by atoms with Crippen molar-refractivity contribution in [2.45, 2.75) is 45.2 Å². The Hall–Kier alpha value is -2.57. The highest BCUT2D eigenvalue weighted by molar-refractivity contribution is 5.90. The van der Waals surface area contributed by atoms with Crippen molar-refractivity contribution in [2.24, 2.45) is 5.92 Å². The van der Waals surface area contributed by atoms with E-state index in [2.05, 4.69) is 47.4 Å². The van der Waals surface area contributed by atoms with Crippen molar-refractivity contribution in [3.8, 4) is 5.75 Å². The number of carbonyl (C=O) groups is 1. The van der Waals surface area contributed by atoms with Crippen LogP contribution in [0.25, 0.3) is 0 Å². The number of rotatable bonds is 4. The van der Waals surface area contributed by atoms with E-state index in [1.54, 1.807) is 7.11 Å². The fourth-order valence-electron chi connectivity index (χ4n) is 4.60. The molecule has 30 heavy (non-hydrogen) atoms. The van der Waals surface area contributed by atoms with Gasteiger partial charge in [0, 0.05) is 30.9 Å². The Morgan fingerprint density at radius 1 is 1.10 bits per heavy atom. The summed E-state index contributed by atoms with van der Waals surface area (Å²) in [6, 6.07) is 15.2. The number of hydrogen-bond donors (Lipinski definition) is 3. The summed E-state index contributed by atoms with van der Waals surface area (Å²) >= 11 is 0. The van der Waals surface area contributed by atoms with Gasteiger partial charge < -0.3 is 15.0 Å². The second kappa shape index (κ2) is 9.06. The van der Waals surface area contributed by atoms with Crippen LogP contribution in [0.4, 0.5) is 10.5 Å². The van der Waals surface area contributed by atoms with Gasteiger partial charge >= 0.3 is 6.03 Å². The van der Waals surface area contributed by atoms with Gasteiger partial charge in [-0.1, -0.05) is 29.8 Å². The number of hydrazine groups is 1. The smallest absolute Gasteiger partial charge is 0.321 e. The van der Waals surface area contributed by atoms with Crippen molar-refractivity contribution in [3.05, 3.63) is 59.2 Å². The molecule has 2 amide bonds. The largest absolute Gasteiger partial charge is 0.497 e. The van der Waals surface area contributed by atoms with Crippen LogP contribution in [0.3, 0.4) is 0 Å². The molecule has 2 atom stereocenters. The Balaban J connectivity index is 1.28. The van der Waals surface area contributed by atoms with Gasteiger partial charge in [-0.2, -0.15) is 0 Å². The molecule has 2 aromatic carbocycles. The van der Waals surface area contributed by atoms with E-state index in [-0.39, 0.29) is 6.03 Å². The molecular formula is C24H32N4O2. The molecule has 2 saturated heterocycles. The molecular weight excluding hydrogens is 376 g/mol. The zero-order chi connectivity index (χ0) is 21.1. The number of amides is 2. The fourth-order valence-corrected chi connectivity index (χ4v) is 4.60. The topological polar surface area (TPSA) is 65.6 Å². The normalized spacial score (nSPS) is 22.2. The van der Waals surface area contributed by atoms with E-state index in [1.165, 1.54) is 11.1 Å². The number of nitrogens with zero attached hydrogens (tertiary/aromatic N) is 1. The minimum atomic E-state index is -0.0168. The fraction of sp³-hybridized carbons (Fsp3) is 0.458. The van der Waals surface area contributed by atoms with Gasteiger partial charge in [0.25, 0.3) is 0 Å². The monoisotopic (exact) mass is 408 g/mol. The van der Waals surface area contributed by atoms with Gasteiger partial charge in [0.2, 0.25) is 0 Å². The van der Waals surface area contributed by atoms with Crippen LogP contribution in [-0.4, -0.2) is 37.2 Å². The van der Waals surface area contributed by atoms with Crippen LogP contribution in [0, 0.1) is 19.8 Å². The molecule has 0 radical (unpaired) electrons. The molecule has 0 saturated carbocycles. The van der Waals surface area contributed by atoms with Crippen LogP contribution in [-0.2, 0) is 0 Å². The summed E-state index contributed by atoms with van der Waals surface area (Å²) in [6.07, 6.45) is 3.13. The van der Waals surface area contributed by atoms with Gasteiger partial charge in [0.15, 0.2) is 0 Å². The lowest BCUT2D eigenvalue weighted by Gasteiger charge is -2.34. The van der Waals surface area contributed by atoms with Crippen LogP contribution in [0.15, 0.2) is 42.5 Å². The molecule has 0 bridgehead atoms. The van der Waals surface area contributed by atoms with Crippen molar-refractivity contribution in [1.29, 1.82) is 0 Å². The highest BCUT2D eigenvalue weighted by Crippen LogP contribution is 2.31. The Bertz CT molecular complexity index is 893. The summed E-state index contributed by atoms with van der Waals surface area (Å²) in [5, 5.41) is 3.05. The molecule has 2 unspecified atom stereocenters. The zero-order valence-electron chi connectivity index (χ0n) is 18.1. The minimum absolute atomic E-state index is 0.0168. The number of piperidine rings is 1. The average Bonchev–Trinajstić information content (AvgIpc) is 3.25. The molecule has 2 fully saturated rings. The van der Waals surface area contributed by atoms with Crippen molar-refractivity contribution < 1.29 is 9.53 Å². The van der Waals surface area contributed by atoms with Crippen LogP contribution >= 0.6 is 0 Å². The number of aryl methyl sites for hydroxylation is 2. The second-order valence-electron chi connectivity index (χ2n) is 8.53. The Morgan fingerprint density at radius 2 is 1.90 bits per heavy atom. The molecule has 0 aromatic heterocycles. The molecule has 6 heteroatoms. The van der Waals surface area contributed by atoms with E-state index in [9.17, 15) is 4.79 Å². The standard InChI is InChI=1S/C24H32N4O2/c1-16-5-4-6-19(13-16)23-15-22(26-27-23)18-9-11-28(12-10-18)24(29)25-21-8-7-20(30-3)14-17(21)2/h4-8,13-14,18,22-23,26-27H,9-12,15H2,1-3H3,(H,25,29). The Kier molecular flexibility index (Phi) is 6.25. The summed E-state index contributed by atoms with van der Waals surface area (Å²) in [5.74, 6) is 1.38. The van der Waals surface area contributed by atoms with Crippen LogP contribution in [0.2, 0.25) is 0 Å². The van der Waals surface area contributed by atoms with E-state index in [0.29, 0.717) is 18.0 Å². The molecule has 0 aliphatic carbocycles. The van der Waals surface area contributed by atoms with Gasteiger partial charge in [-0.25, -0.2) is 4.79 Å². The maximum absolute atomic E-state index is 12.7. The summed E-state index contributed by atoms with van der Waals surface area (Å²) in [4.78, 5) is 14.7. The summed E-state index contributed by atoms with van der Waals surface area (Å²) in [5.41, 5.74) is 11.5. The summed E-state index contributed by atoms with van der Waals surface area (Å²) in [7, 11) is 1.65. The number of nitrogens with one attached hydrogen (secondary N) is 3. The van der Waals surface area contributed by atoms with E-state index in [1.807, 2.05) is 30.0 Å². The van der Waals surface area contributed by atoms with E-state index in [4.69, 9.17) is 4.74 Å². The molecule has 2 aromatic rings.